The summed E-state index contributed by atoms with van der Waals surface area (Å²) in [7, 11) is 0. The molecule has 1 aliphatic heterocycles. The molecule has 4 rings (SSSR count). The summed E-state index contributed by atoms with van der Waals surface area (Å²) in [5.74, 6) is 4.19. The Balaban J connectivity index is 1.29. The summed E-state index contributed by atoms with van der Waals surface area (Å²) in [5.41, 5.74) is 0. The predicted octanol–water partition coefficient (Wildman–Crippen LogP) is 2.89. The molecule has 0 aromatic rings. The number of nitrogens with one attached hydrogen (secondary N) is 1. The van der Waals surface area contributed by atoms with Gasteiger partial charge in [0.1, 0.15) is 0 Å². The van der Waals surface area contributed by atoms with Crippen LogP contribution in [0.2, 0.25) is 0 Å². The summed E-state index contributed by atoms with van der Waals surface area (Å²) in [5, 5.41) is 3.89. The average molecular weight is 262 g/mol. The first-order valence-corrected chi connectivity index (χ1v) is 8.81. The molecule has 1 heterocycles. The second-order valence-electron chi connectivity index (χ2n) is 7.99. The number of nitrogens with zero attached hydrogens (tertiary/aromatic N) is 1. The molecule has 0 amide bonds. The minimum atomic E-state index is 0.803. The SMILES string of the molecule is C1CC1CNC1CC(CC2CC2)CN(CC2CC2)C1. The molecule has 0 radical (unpaired) electrons. The molecule has 0 bridgehead atoms. The molecule has 108 valence electrons. The second kappa shape index (κ2) is 5.37. The monoisotopic (exact) mass is 262 g/mol. The van der Waals surface area contributed by atoms with Crippen LogP contribution in [0.25, 0.3) is 0 Å². The molecule has 2 unspecified atom stereocenters. The van der Waals surface area contributed by atoms with Crippen molar-refractivity contribution in [1.29, 1.82) is 0 Å². The lowest BCUT2D eigenvalue weighted by molar-refractivity contribution is 0.127. The quantitative estimate of drug-likeness (QED) is 0.759. The van der Waals surface area contributed by atoms with E-state index in [2.05, 4.69) is 10.2 Å². The summed E-state index contributed by atoms with van der Waals surface area (Å²) in [4.78, 5) is 2.80. The zero-order chi connectivity index (χ0) is 12.7. The Morgan fingerprint density at radius 2 is 1.53 bits per heavy atom. The van der Waals surface area contributed by atoms with E-state index in [1.807, 2.05) is 0 Å². The minimum absolute atomic E-state index is 0.803. The Hall–Kier alpha value is -0.0800. The topological polar surface area (TPSA) is 15.3 Å². The van der Waals surface area contributed by atoms with Gasteiger partial charge >= 0.3 is 0 Å². The van der Waals surface area contributed by atoms with Crippen molar-refractivity contribution >= 4 is 0 Å². The summed E-state index contributed by atoms with van der Waals surface area (Å²) in [6.45, 7) is 5.46. The third-order valence-corrected chi connectivity index (χ3v) is 5.58. The average Bonchev–Trinajstić information content (AvgIpc) is 3.23. The molecule has 2 nitrogen and oxygen atoms in total. The van der Waals surface area contributed by atoms with Crippen molar-refractivity contribution in [3.63, 3.8) is 0 Å². The van der Waals surface area contributed by atoms with Crippen LogP contribution in [0.1, 0.15) is 51.4 Å². The van der Waals surface area contributed by atoms with Crippen LogP contribution < -0.4 is 5.32 Å². The molecule has 2 heteroatoms. The molecule has 0 aromatic carbocycles. The molecule has 2 atom stereocenters. The first-order valence-electron chi connectivity index (χ1n) is 8.81. The minimum Gasteiger partial charge on any atom is -0.312 e. The Bertz CT molecular complexity index is 282. The van der Waals surface area contributed by atoms with Crippen LogP contribution in [0.5, 0.6) is 0 Å². The van der Waals surface area contributed by atoms with E-state index in [0.717, 1.165) is 29.7 Å². The van der Waals surface area contributed by atoms with Crippen molar-refractivity contribution in [3.8, 4) is 0 Å². The van der Waals surface area contributed by atoms with Gasteiger partial charge in [-0.3, -0.25) is 0 Å². The van der Waals surface area contributed by atoms with Crippen LogP contribution in [-0.4, -0.2) is 37.1 Å². The summed E-state index contributed by atoms with van der Waals surface area (Å²) < 4.78 is 0. The lowest BCUT2D eigenvalue weighted by Gasteiger charge is -2.38. The number of rotatable bonds is 7. The molecule has 1 N–H and O–H groups in total. The van der Waals surface area contributed by atoms with Crippen molar-refractivity contribution in [1.82, 2.24) is 10.2 Å². The highest BCUT2D eigenvalue weighted by Gasteiger charge is 2.34. The molecule has 4 fully saturated rings. The Labute approximate surface area is 118 Å². The molecular weight excluding hydrogens is 232 g/mol. The lowest BCUT2D eigenvalue weighted by atomic mass is 9.89. The molecule has 4 aliphatic rings. The molecule has 0 aromatic heterocycles. The fraction of sp³-hybridized carbons (Fsp3) is 1.00. The van der Waals surface area contributed by atoms with Crippen molar-refractivity contribution in [2.75, 3.05) is 26.2 Å². The van der Waals surface area contributed by atoms with Crippen LogP contribution in [0.3, 0.4) is 0 Å². The maximum Gasteiger partial charge on any atom is 0.0198 e. The largest absolute Gasteiger partial charge is 0.312 e. The van der Waals surface area contributed by atoms with E-state index in [0.29, 0.717) is 0 Å². The third-order valence-electron chi connectivity index (χ3n) is 5.58. The van der Waals surface area contributed by atoms with Crippen LogP contribution >= 0.6 is 0 Å². The van der Waals surface area contributed by atoms with Gasteiger partial charge in [-0.1, -0.05) is 12.8 Å². The van der Waals surface area contributed by atoms with Crippen LogP contribution in [0, 0.1) is 23.7 Å². The maximum atomic E-state index is 3.89. The first-order chi connectivity index (χ1) is 9.35. The number of likely N-dealkylation sites (tertiary alicyclic amines) is 1. The zero-order valence-corrected chi connectivity index (χ0v) is 12.3. The molecule has 1 saturated heterocycles. The number of piperidine rings is 1. The van der Waals surface area contributed by atoms with Gasteiger partial charge in [-0.15, -0.1) is 0 Å². The molecule has 3 aliphatic carbocycles. The summed E-state index contributed by atoms with van der Waals surface area (Å²) >= 11 is 0. The van der Waals surface area contributed by atoms with Gasteiger partial charge in [-0.05, 0) is 68.7 Å². The highest BCUT2D eigenvalue weighted by molar-refractivity contribution is 4.90. The van der Waals surface area contributed by atoms with Crippen molar-refractivity contribution in [2.45, 2.75) is 57.4 Å². The zero-order valence-electron chi connectivity index (χ0n) is 12.3. The van der Waals surface area contributed by atoms with Crippen molar-refractivity contribution in [2.24, 2.45) is 23.7 Å². The maximum absolute atomic E-state index is 3.89. The van der Waals surface area contributed by atoms with Gasteiger partial charge in [-0.2, -0.15) is 0 Å². The Morgan fingerprint density at radius 3 is 2.21 bits per heavy atom. The van der Waals surface area contributed by atoms with E-state index in [1.54, 1.807) is 0 Å². The third kappa shape index (κ3) is 3.95. The predicted molar refractivity (Wildman–Crippen MR) is 79.1 cm³/mol. The highest BCUT2D eigenvalue weighted by atomic mass is 15.2. The van der Waals surface area contributed by atoms with Crippen molar-refractivity contribution < 1.29 is 0 Å². The van der Waals surface area contributed by atoms with Gasteiger partial charge in [0.15, 0.2) is 0 Å². The van der Waals surface area contributed by atoms with E-state index in [-0.39, 0.29) is 0 Å². The van der Waals surface area contributed by atoms with Gasteiger partial charge in [-0.25, -0.2) is 0 Å². The highest BCUT2D eigenvalue weighted by Crippen LogP contribution is 2.39. The number of hydrogen-bond donors (Lipinski definition) is 1. The normalized spacial score (nSPS) is 36.6. The van der Waals surface area contributed by atoms with Gasteiger partial charge in [0.2, 0.25) is 0 Å². The number of hydrogen-bond acceptors (Lipinski definition) is 2. The van der Waals surface area contributed by atoms with Gasteiger partial charge in [0.05, 0.1) is 0 Å². The molecule has 19 heavy (non-hydrogen) atoms. The Kier molecular flexibility index (Phi) is 3.57. The standard InChI is InChI=1S/C17H30N2/c1-2-13(1)7-16-8-17(18-9-14-3-4-14)12-19(11-16)10-15-5-6-15/h13-18H,1-12H2. The van der Waals surface area contributed by atoms with E-state index < -0.39 is 0 Å². The smallest absolute Gasteiger partial charge is 0.0198 e. The second-order valence-corrected chi connectivity index (χ2v) is 7.99. The van der Waals surface area contributed by atoms with E-state index in [4.69, 9.17) is 0 Å². The van der Waals surface area contributed by atoms with Gasteiger partial charge < -0.3 is 10.2 Å². The molecular formula is C17H30N2. The van der Waals surface area contributed by atoms with E-state index in [1.165, 1.54) is 77.5 Å². The van der Waals surface area contributed by atoms with Crippen LogP contribution in [-0.2, 0) is 0 Å². The fourth-order valence-electron chi connectivity index (χ4n) is 3.92. The van der Waals surface area contributed by atoms with Crippen molar-refractivity contribution in [3.05, 3.63) is 0 Å². The fourth-order valence-corrected chi connectivity index (χ4v) is 3.92. The molecule has 0 spiro atoms. The Morgan fingerprint density at radius 1 is 0.789 bits per heavy atom. The molecule has 3 saturated carbocycles. The summed E-state index contributed by atoms with van der Waals surface area (Å²) in [6, 6.07) is 0.803. The van der Waals surface area contributed by atoms with Crippen LogP contribution in [0.15, 0.2) is 0 Å². The van der Waals surface area contributed by atoms with E-state index >= 15 is 0 Å². The van der Waals surface area contributed by atoms with E-state index in [9.17, 15) is 0 Å². The van der Waals surface area contributed by atoms with Crippen LogP contribution in [0.4, 0.5) is 0 Å². The first kappa shape index (κ1) is 12.6. The lowest BCUT2D eigenvalue weighted by Crippen LogP contribution is -2.50. The van der Waals surface area contributed by atoms with Gasteiger partial charge in [0, 0.05) is 25.7 Å². The summed E-state index contributed by atoms with van der Waals surface area (Å²) in [6.07, 6.45) is 12.0. The van der Waals surface area contributed by atoms with Gasteiger partial charge in [0.25, 0.3) is 0 Å².